The van der Waals surface area contributed by atoms with E-state index in [-0.39, 0.29) is 24.6 Å². The molecule has 8 aromatic rings. The van der Waals surface area contributed by atoms with Crippen molar-refractivity contribution < 1.29 is 4.74 Å². The van der Waals surface area contributed by atoms with E-state index in [1.807, 2.05) is 103 Å². The third-order valence-electron chi connectivity index (χ3n) is 13.9. The van der Waals surface area contributed by atoms with E-state index < -0.39 is 10.4 Å². The van der Waals surface area contributed by atoms with Gasteiger partial charge in [-0.2, -0.15) is 0 Å². The van der Waals surface area contributed by atoms with Crippen LogP contribution in [-0.4, -0.2) is 128 Å². The Morgan fingerprint density at radius 2 is 0.938 bits per heavy atom. The number of benzene rings is 5. The molecule has 7 heterocycles. The first-order valence-corrected chi connectivity index (χ1v) is 21.5. The number of ether oxygens (including phenoxy) is 1. The Morgan fingerprint density at radius 1 is 0.508 bits per heavy atom. The van der Waals surface area contributed by atoms with Gasteiger partial charge in [0.25, 0.3) is 0 Å². The minimum absolute atomic E-state index is 0.0681. The molecule has 0 spiro atoms. The van der Waals surface area contributed by atoms with Crippen molar-refractivity contribution in [2.45, 2.75) is 34.7 Å². The fourth-order valence-corrected chi connectivity index (χ4v) is 10.2. The molecule has 21 heteroatoms. The summed E-state index contributed by atoms with van der Waals surface area (Å²) in [7, 11) is 44.4. The molecule has 4 atom stereocenters. The summed E-state index contributed by atoms with van der Waals surface area (Å²) >= 11 is 0. The van der Waals surface area contributed by atoms with Crippen LogP contribution in [-0.2, 0) is 12.8 Å². The highest BCUT2D eigenvalue weighted by atomic mass is 16.5. The standard InChI is InChI=1S/C44H26B12N8O/c45-51-41-43(53-47,55(41)49)19-21-16-22(20-44(54-48)42(52-46)56(44)50)18-23(17-21)65-31-15-7-14-30-32(31)40-63-38-29-13-6-5-12-28(29)36(61-38)59-34-25-9-2-1-8-24(25)33(57-34)58-35-26-10-3-4-11-27(26)37(60-35)62-39(30)64-40/h1-18,41-42H,19-20H2,(H2,57,58,59,60,61,62,63,64)/i51+0,52+0,53+0,54+0,55+0,56+0. The van der Waals surface area contributed by atoms with Crippen LogP contribution in [0.4, 0.5) is 0 Å². The first kappa shape index (κ1) is 40.5. The van der Waals surface area contributed by atoms with Crippen molar-refractivity contribution in [2.24, 2.45) is 0 Å². The van der Waals surface area contributed by atoms with Crippen LogP contribution < -0.4 is 4.74 Å². The van der Waals surface area contributed by atoms with Gasteiger partial charge in [-0.15, -0.1) is 21.9 Å². The first-order chi connectivity index (χ1) is 31.7. The molecule has 5 aromatic carbocycles. The molecule has 4 aliphatic heterocycles. The van der Waals surface area contributed by atoms with Crippen LogP contribution in [0.2, 0.25) is 21.9 Å². The van der Waals surface area contributed by atoms with Gasteiger partial charge in [-0.25, -0.2) is 29.9 Å². The fraction of sp³-hybridized carbons (Fsp3) is 0.136. The molecule has 2 N–H and O–H groups in total. The summed E-state index contributed by atoms with van der Waals surface area (Å²) in [5.41, 5.74) is 7.33. The maximum atomic E-state index is 6.98. The van der Waals surface area contributed by atoms with Crippen LogP contribution in [0.25, 0.3) is 89.7 Å². The molecule has 2 fully saturated rings. The molecular weight excluding hydrogens is 787 g/mol. The first-order valence-electron chi connectivity index (χ1n) is 21.5. The summed E-state index contributed by atoms with van der Waals surface area (Å²) in [4.78, 5) is 37.9. The second-order valence-corrected chi connectivity index (χ2v) is 17.4. The smallest absolute Gasteiger partial charge is 0.168 e. The van der Waals surface area contributed by atoms with Crippen molar-refractivity contribution >= 4 is 132 Å². The van der Waals surface area contributed by atoms with Gasteiger partial charge in [0.15, 0.2) is 23.3 Å². The summed E-state index contributed by atoms with van der Waals surface area (Å²) in [6.07, 6.45) is 1.08. The van der Waals surface area contributed by atoms with Gasteiger partial charge < -0.3 is 14.7 Å². The molecule has 16 radical (unpaired) electrons. The molecular formula is C44H26B12N8O. The average molecular weight is 814 g/mol. The Morgan fingerprint density at radius 3 is 1.42 bits per heavy atom. The van der Waals surface area contributed by atoms with E-state index in [1.165, 1.54) is 0 Å². The predicted octanol–water partition coefficient (Wildman–Crippen LogP) is 5.30. The van der Waals surface area contributed by atoms with E-state index in [9.17, 15) is 0 Å². The molecule has 0 saturated carbocycles. The van der Waals surface area contributed by atoms with Crippen molar-refractivity contribution in [1.82, 2.24) is 39.9 Å². The Balaban J connectivity index is 1.07. The monoisotopic (exact) mass is 814 g/mol. The van der Waals surface area contributed by atoms with Gasteiger partial charge in [0.2, 0.25) is 0 Å². The minimum Gasteiger partial charge on any atom is -0.457 e. The zero-order chi connectivity index (χ0) is 44.2. The number of aromatic amines is 2. The summed E-state index contributed by atoms with van der Waals surface area (Å²) in [6, 6.07) is 35.9. The highest BCUT2D eigenvalue weighted by Gasteiger charge is 2.59. The lowest BCUT2D eigenvalue weighted by Gasteiger charge is -2.22. The molecule has 9 nitrogen and oxygen atoms in total. The van der Waals surface area contributed by atoms with Gasteiger partial charge in [-0.05, 0) is 42.2 Å². The minimum atomic E-state index is -0.505. The van der Waals surface area contributed by atoms with E-state index in [0.29, 0.717) is 75.8 Å². The van der Waals surface area contributed by atoms with Crippen LogP contribution in [0, 0.1) is 0 Å². The van der Waals surface area contributed by atoms with Crippen LogP contribution in [0.3, 0.4) is 0 Å². The van der Waals surface area contributed by atoms with Crippen molar-refractivity contribution in [3.8, 4) is 57.1 Å². The molecule has 0 aliphatic carbocycles. The van der Waals surface area contributed by atoms with Gasteiger partial charge in [0, 0.05) is 99.0 Å². The molecule has 3 aromatic heterocycles. The Kier molecular flexibility index (Phi) is 9.55. The summed E-state index contributed by atoms with van der Waals surface area (Å²) < 4.78 is 6.98. The molecule has 8 bridgehead atoms. The number of hydrogen-bond acceptors (Lipinski definition) is 7. The number of fused-ring (bicyclic) bond motifs is 20. The van der Waals surface area contributed by atoms with E-state index >= 15 is 0 Å². The summed E-state index contributed by atoms with van der Waals surface area (Å²) in [6.45, 7) is -0.432. The van der Waals surface area contributed by atoms with E-state index in [4.69, 9.17) is 81.1 Å². The fourth-order valence-electron chi connectivity index (χ4n) is 10.2. The van der Waals surface area contributed by atoms with Gasteiger partial charge in [-0.1, -0.05) is 91.0 Å². The highest BCUT2D eigenvalue weighted by molar-refractivity contribution is 7.29. The SMILES string of the molecule is [B][11B]C1[11B]([B])C1([11B][B])Cc1cc(CC2([11B][B])[11B]([B])C2[11B][B])cc(Oc2cccc3c2-c2nc4nc(nc5[nH]c(nc6[nH]c(nc-3n2)c2ccccc62)c2ccccc52)-c2ccccc2-4)c1. The zero-order valence-corrected chi connectivity index (χ0v) is 35.0. The van der Waals surface area contributed by atoms with Gasteiger partial charge in [0.1, 0.15) is 34.1 Å². The lowest BCUT2D eigenvalue weighted by Crippen LogP contribution is -2.17. The molecule has 65 heavy (non-hydrogen) atoms. The largest absolute Gasteiger partial charge is 0.457 e. The second kappa shape index (κ2) is 15.3. The number of hydrogen-bond donors (Lipinski definition) is 2. The van der Waals surface area contributed by atoms with Crippen molar-refractivity contribution in [3.05, 3.63) is 120 Å². The van der Waals surface area contributed by atoms with Crippen LogP contribution >= 0.6 is 0 Å². The van der Waals surface area contributed by atoms with Gasteiger partial charge >= 0.3 is 0 Å². The summed E-state index contributed by atoms with van der Waals surface area (Å²) in [5, 5.41) is 2.60. The zero-order valence-electron chi connectivity index (χ0n) is 35.0. The number of nitrogens with one attached hydrogen (secondary N) is 2. The van der Waals surface area contributed by atoms with Crippen LogP contribution in [0.5, 0.6) is 11.5 Å². The summed E-state index contributed by atoms with van der Waals surface area (Å²) in [5.74, 6) is 2.88. The topological polar surface area (TPSA) is 118 Å². The second-order valence-electron chi connectivity index (χ2n) is 17.4. The third-order valence-corrected chi connectivity index (χ3v) is 13.9. The molecule has 4 aliphatic rings. The molecule has 4 unspecified atom stereocenters. The normalized spacial score (nSPS) is 20.2. The van der Waals surface area contributed by atoms with E-state index in [1.54, 1.807) is 28.7 Å². The maximum absolute atomic E-state index is 6.98. The Labute approximate surface area is 387 Å². The van der Waals surface area contributed by atoms with Crippen molar-refractivity contribution in [3.63, 3.8) is 0 Å². The van der Waals surface area contributed by atoms with Gasteiger partial charge in [-0.3, -0.25) is 0 Å². The highest BCUT2D eigenvalue weighted by Crippen LogP contribution is 2.63. The molecule has 0 amide bonds. The Hall–Kier alpha value is -5.96. The molecule has 2 saturated heterocycles. The van der Waals surface area contributed by atoms with Gasteiger partial charge in [0.05, 0.1) is 33.1 Å². The predicted molar refractivity (Wildman–Crippen MR) is 272 cm³/mol. The average Bonchev–Trinajstić information content (AvgIpc) is 3.65. The quantitative estimate of drug-likeness (QED) is 0.180. The number of H-pyrrole nitrogens is 2. The van der Waals surface area contributed by atoms with E-state index in [0.717, 1.165) is 49.4 Å². The maximum Gasteiger partial charge on any atom is 0.168 e. The van der Waals surface area contributed by atoms with E-state index in [2.05, 4.69) is 16.0 Å². The number of rotatable bonds is 10. The lowest BCUT2D eigenvalue weighted by atomic mass is 9.38. The molecule has 284 valence electrons. The van der Waals surface area contributed by atoms with Crippen LogP contribution in [0.15, 0.2) is 109 Å². The number of nitrogens with zero attached hydrogens (tertiary/aromatic N) is 6. The number of aromatic nitrogens is 8. The lowest BCUT2D eigenvalue weighted by molar-refractivity contribution is 0.483. The Bertz CT molecular complexity index is 3400. The van der Waals surface area contributed by atoms with Crippen molar-refractivity contribution in [2.75, 3.05) is 0 Å². The molecule has 12 rings (SSSR count). The van der Waals surface area contributed by atoms with Crippen molar-refractivity contribution in [1.29, 1.82) is 0 Å². The van der Waals surface area contributed by atoms with Crippen LogP contribution in [0.1, 0.15) is 11.1 Å². The third kappa shape index (κ3) is 6.38.